The van der Waals surface area contributed by atoms with E-state index in [9.17, 15) is 8.78 Å². The molecule has 0 bridgehead atoms. The highest BCUT2D eigenvalue weighted by molar-refractivity contribution is 7.98. The van der Waals surface area contributed by atoms with E-state index in [4.69, 9.17) is 4.42 Å². The Morgan fingerprint density at radius 3 is 2.88 bits per heavy atom. The van der Waals surface area contributed by atoms with Gasteiger partial charge in [0.05, 0.1) is 6.20 Å². The van der Waals surface area contributed by atoms with E-state index in [0.29, 0.717) is 10.8 Å². The van der Waals surface area contributed by atoms with Crippen LogP contribution in [0.3, 0.4) is 0 Å². The molecule has 2 aromatic rings. The fourth-order valence-corrected chi connectivity index (χ4v) is 2.05. The lowest BCUT2D eigenvalue weighted by atomic mass is 10.1. The molecule has 2 nitrogen and oxygen atoms in total. The van der Waals surface area contributed by atoms with Crippen LogP contribution >= 0.6 is 11.8 Å². The normalized spacial score (nSPS) is 10.7. The molecule has 0 aliphatic carbocycles. The molecule has 0 unspecified atom stereocenters. The zero-order valence-electron chi connectivity index (χ0n) is 8.54. The van der Waals surface area contributed by atoms with Crippen LogP contribution in [0.15, 0.2) is 34.2 Å². The second-order valence-electron chi connectivity index (χ2n) is 3.24. The first-order chi connectivity index (χ1) is 7.68. The van der Waals surface area contributed by atoms with Gasteiger partial charge in [-0.15, -0.1) is 0 Å². The van der Waals surface area contributed by atoms with Crippen LogP contribution in [-0.2, 0) is 5.75 Å². The van der Waals surface area contributed by atoms with Crippen molar-refractivity contribution in [3.8, 4) is 0 Å². The fraction of sp³-hybridized carbons (Fsp3) is 0.182. The van der Waals surface area contributed by atoms with Crippen molar-refractivity contribution in [3.05, 3.63) is 47.4 Å². The molecule has 0 aliphatic rings. The Hall–Kier alpha value is -1.36. The van der Waals surface area contributed by atoms with Crippen LogP contribution in [0.25, 0.3) is 0 Å². The second-order valence-corrected chi connectivity index (χ2v) is 4.17. The average molecular weight is 241 g/mol. The second kappa shape index (κ2) is 4.65. The number of aryl methyl sites for hydroxylation is 1. The van der Waals surface area contributed by atoms with Crippen molar-refractivity contribution in [3.63, 3.8) is 0 Å². The van der Waals surface area contributed by atoms with Crippen LogP contribution in [0.1, 0.15) is 11.1 Å². The molecule has 0 aliphatic heterocycles. The number of hydrogen-bond donors (Lipinski definition) is 0. The highest BCUT2D eigenvalue weighted by Crippen LogP contribution is 2.25. The molecule has 0 amide bonds. The molecule has 0 saturated carbocycles. The van der Waals surface area contributed by atoms with Crippen LogP contribution in [0.5, 0.6) is 0 Å². The highest BCUT2D eigenvalue weighted by Gasteiger charge is 2.12. The average Bonchev–Trinajstić information content (AvgIpc) is 2.77. The Bertz CT molecular complexity index is 485. The zero-order valence-corrected chi connectivity index (χ0v) is 9.35. The number of thioether (sulfide) groups is 1. The Kier molecular flexibility index (Phi) is 3.24. The third-order valence-electron chi connectivity index (χ3n) is 2.13. The molecule has 5 heteroatoms. The van der Waals surface area contributed by atoms with Crippen molar-refractivity contribution >= 4 is 11.8 Å². The first-order valence-corrected chi connectivity index (χ1v) is 5.63. The number of rotatable bonds is 3. The summed E-state index contributed by atoms with van der Waals surface area (Å²) in [6, 6.07) is 2.69. The van der Waals surface area contributed by atoms with Crippen LogP contribution in [0, 0.1) is 18.6 Å². The van der Waals surface area contributed by atoms with Crippen molar-refractivity contribution in [1.29, 1.82) is 0 Å². The molecule has 2 rings (SSSR count). The molecule has 1 aromatic carbocycles. The van der Waals surface area contributed by atoms with E-state index in [1.54, 1.807) is 6.92 Å². The topological polar surface area (TPSA) is 26.0 Å². The maximum Gasteiger partial charge on any atom is 0.255 e. The van der Waals surface area contributed by atoms with Gasteiger partial charge in [-0.05, 0) is 18.6 Å². The molecule has 0 N–H and O–H groups in total. The maximum absolute atomic E-state index is 13.6. The number of nitrogens with zero attached hydrogens (tertiary/aromatic N) is 1. The first-order valence-electron chi connectivity index (χ1n) is 4.64. The van der Waals surface area contributed by atoms with Crippen molar-refractivity contribution in [2.24, 2.45) is 0 Å². The van der Waals surface area contributed by atoms with Gasteiger partial charge in [0.15, 0.2) is 0 Å². The van der Waals surface area contributed by atoms with E-state index in [1.807, 2.05) is 0 Å². The van der Waals surface area contributed by atoms with Crippen LogP contribution in [0.2, 0.25) is 0 Å². The van der Waals surface area contributed by atoms with Gasteiger partial charge >= 0.3 is 0 Å². The van der Waals surface area contributed by atoms with Gasteiger partial charge in [-0.3, -0.25) is 0 Å². The quantitative estimate of drug-likeness (QED) is 0.768. The lowest BCUT2D eigenvalue weighted by Crippen LogP contribution is -1.96. The van der Waals surface area contributed by atoms with Gasteiger partial charge in [0.2, 0.25) is 0 Å². The Morgan fingerprint density at radius 1 is 1.38 bits per heavy atom. The summed E-state index contributed by atoms with van der Waals surface area (Å²) in [5.74, 6) is -0.874. The minimum absolute atomic E-state index is 0.0585. The molecule has 1 heterocycles. The van der Waals surface area contributed by atoms with Crippen molar-refractivity contribution < 1.29 is 13.2 Å². The standard InChI is InChI=1S/C11H9F2NOS/c1-7-2-3-9(12)8(10(7)13)6-16-11-14-4-5-15-11/h2-5H,6H2,1H3. The highest BCUT2D eigenvalue weighted by atomic mass is 32.2. The van der Waals surface area contributed by atoms with Crippen LogP contribution < -0.4 is 0 Å². The number of hydrogen-bond acceptors (Lipinski definition) is 3. The largest absolute Gasteiger partial charge is 0.440 e. The molecule has 0 saturated heterocycles. The van der Waals surface area contributed by atoms with Crippen molar-refractivity contribution in [2.75, 3.05) is 0 Å². The van der Waals surface area contributed by atoms with E-state index in [-0.39, 0.29) is 11.3 Å². The molecule has 0 radical (unpaired) electrons. The summed E-state index contributed by atoms with van der Waals surface area (Å²) in [6.45, 7) is 1.61. The monoisotopic (exact) mass is 241 g/mol. The lowest BCUT2D eigenvalue weighted by molar-refractivity contribution is 0.454. The minimum atomic E-state index is -0.540. The third-order valence-corrected chi connectivity index (χ3v) is 3.01. The van der Waals surface area contributed by atoms with Gasteiger partial charge in [-0.2, -0.15) is 0 Å². The van der Waals surface area contributed by atoms with E-state index in [0.717, 1.165) is 11.8 Å². The van der Waals surface area contributed by atoms with Crippen molar-refractivity contribution in [2.45, 2.75) is 17.9 Å². The molecule has 84 valence electrons. The molecule has 1 aromatic heterocycles. The summed E-state index contributed by atoms with van der Waals surface area (Å²) in [7, 11) is 0. The summed E-state index contributed by atoms with van der Waals surface area (Å²) in [6.07, 6.45) is 2.91. The van der Waals surface area contributed by atoms with Crippen LogP contribution in [0.4, 0.5) is 8.78 Å². The summed E-state index contributed by atoms with van der Waals surface area (Å²) in [5.41, 5.74) is 0.493. The number of oxazole rings is 1. The Morgan fingerprint density at radius 2 is 2.19 bits per heavy atom. The Labute approximate surface area is 95.7 Å². The number of aromatic nitrogens is 1. The molecule has 0 atom stereocenters. The van der Waals surface area contributed by atoms with Gasteiger partial charge in [0.1, 0.15) is 17.9 Å². The minimum Gasteiger partial charge on any atom is -0.440 e. The predicted octanol–water partition coefficient (Wildman–Crippen LogP) is 3.55. The fourth-order valence-electron chi connectivity index (χ4n) is 1.26. The van der Waals surface area contributed by atoms with Crippen LogP contribution in [-0.4, -0.2) is 4.98 Å². The smallest absolute Gasteiger partial charge is 0.255 e. The predicted molar refractivity (Wildman–Crippen MR) is 57.2 cm³/mol. The molecular formula is C11H9F2NOS. The summed E-state index contributed by atoms with van der Waals surface area (Å²) in [4.78, 5) is 3.86. The zero-order chi connectivity index (χ0) is 11.5. The summed E-state index contributed by atoms with van der Waals surface area (Å²) in [5, 5.41) is 0.403. The Balaban J connectivity index is 2.18. The van der Waals surface area contributed by atoms with E-state index in [1.165, 1.54) is 24.6 Å². The van der Waals surface area contributed by atoms with Gasteiger partial charge < -0.3 is 4.42 Å². The number of benzene rings is 1. The SMILES string of the molecule is Cc1ccc(F)c(CSc2ncco2)c1F. The molecule has 0 fully saturated rings. The van der Waals surface area contributed by atoms with E-state index >= 15 is 0 Å². The molecular weight excluding hydrogens is 232 g/mol. The van der Waals surface area contributed by atoms with Gasteiger partial charge in [-0.25, -0.2) is 13.8 Å². The van der Waals surface area contributed by atoms with E-state index < -0.39 is 11.6 Å². The molecule has 0 spiro atoms. The lowest BCUT2D eigenvalue weighted by Gasteiger charge is -2.05. The maximum atomic E-state index is 13.6. The van der Waals surface area contributed by atoms with E-state index in [2.05, 4.69) is 4.98 Å². The van der Waals surface area contributed by atoms with Gasteiger partial charge in [-0.1, -0.05) is 17.8 Å². The van der Waals surface area contributed by atoms with Crippen molar-refractivity contribution in [1.82, 2.24) is 4.98 Å². The first kappa shape index (κ1) is 11.1. The molecule has 16 heavy (non-hydrogen) atoms. The number of halogens is 2. The van der Waals surface area contributed by atoms with Gasteiger partial charge in [0, 0.05) is 11.3 Å². The summed E-state index contributed by atoms with van der Waals surface area (Å²) >= 11 is 1.16. The summed E-state index contributed by atoms with van der Waals surface area (Å²) < 4.78 is 31.9. The van der Waals surface area contributed by atoms with Gasteiger partial charge in [0.25, 0.3) is 5.22 Å². The third kappa shape index (κ3) is 2.24.